The first-order valence-electron chi connectivity index (χ1n) is 11.5. The predicted molar refractivity (Wildman–Crippen MR) is 132 cm³/mol. The van der Waals surface area contributed by atoms with Crippen molar-refractivity contribution in [2.75, 3.05) is 6.61 Å². The molecule has 180 valence electrons. The summed E-state index contributed by atoms with van der Waals surface area (Å²) in [4.78, 5) is 31.9. The third-order valence-corrected chi connectivity index (χ3v) is 6.01. The van der Waals surface area contributed by atoms with Gasteiger partial charge in [0.2, 0.25) is 0 Å². The molecule has 1 aliphatic rings. The van der Waals surface area contributed by atoms with Gasteiger partial charge in [0.05, 0.1) is 18.2 Å². The number of hydrogen-bond donors (Lipinski definition) is 2. The maximum absolute atomic E-state index is 13.3. The molecule has 0 spiro atoms. The van der Waals surface area contributed by atoms with Crippen LogP contribution in [-0.4, -0.2) is 38.4 Å². The van der Waals surface area contributed by atoms with Crippen molar-refractivity contribution in [3.63, 3.8) is 0 Å². The fraction of sp³-hybridized carbons (Fsp3) is 0.250. The highest BCUT2D eigenvalue weighted by atomic mass is 16.5. The number of carbonyl (C=O) groups excluding carboxylic acids is 2. The van der Waals surface area contributed by atoms with Crippen LogP contribution in [-0.2, 0) is 16.1 Å². The van der Waals surface area contributed by atoms with Crippen LogP contribution in [0.25, 0.3) is 5.76 Å². The molecule has 35 heavy (non-hydrogen) atoms. The first-order valence-corrected chi connectivity index (χ1v) is 11.5. The van der Waals surface area contributed by atoms with E-state index in [4.69, 9.17) is 4.74 Å². The lowest BCUT2D eigenvalue weighted by Crippen LogP contribution is -2.29. The third kappa shape index (κ3) is 4.75. The monoisotopic (exact) mass is 472 g/mol. The van der Waals surface area contributed by atoms with E-state index in [0.717, 1.165) is 11.1 Å². The smallest absolute Gasteiger partial charge is 0.295 e. The SMILES string of the molecule is CCOc1ccc(/C(O)=C2/C(=O)C(=O)N(Cc3cccnc3)C2c2cccc(O)c2)cc1C(C)C. The summed E-state index contributed by atoms with van der Waals surface area (Å²) in [5.74, 6) is -0.953. The number of phenols is 1. The Labute approximate surface area is 204 Å². The summed E-state index contributed by atoms with van der Waals surface area (Å²) in [6, 6.07) is 14.3. The van der Waals surface area contributed by atoms with Crippen molar-refractivity contribution in [1.29, 1.82) is 0 Å². The normalized spacial score (nSPS) is 17.3. The number of aliphatic hydroxyl groups excluding tert-OH is 1. The van der Waals surface area contributed by atoms with Crippen LogP contribution in [0.1, 0.15) is 55.0 Å². The van der Waals surface area contributed by atoms with Crippen molar-refractivity contribution in [1.82, 2.24) is 9.88 Å². The number of pyridine rings is 1. The molecule has 1 fully saturated rings. The van der Waals surface area contributed by atoms with Crippen molar-refractivity contribution >= 4 is 17.4 Å². The van der Waals surface area contributed by atoms with Gasteiger partial charge in [0.15, 0.2) is 0 Å². The summed E-state index contributed by atoms with van der Waals surface area (Å²) in [6.07, 6.45) is 3.25. The molecule has 7 heteroatoms. The van der Waals surface area contributed by atoms with E-state index in [1.54, 1.807) is 48.8 Å². The number of ketones is 1. The Bertz CT molecular complexity index is 1280. The van der Waals surface area contributed by atoms with Crippen LogP contribution in [0.15, 0.2) is 72.6 Å². The Hall–Kier alpha value is -4.13. The quantitative estimate of drug-likeness (QED) is 0.287. The average Bonchev–Trinajstić information content (AvgIpc) is 3.09. The van der Waals surface area contributed by atoms with Crippen LogP contribution in [0.3, 0.4) is 0 Å². The minimum Gasteiger partial charge on any atom is -0.508 e. The molecule has 1 aromatic heterocycles. The Balaban J connectivity index is 1.87. The highest BCUT2D eigenvalue weighted by Gasteiger charge is 2.46. The number of nitrogens with zero attached hydrogens (tertiary/aromatic N) is 2. The third-order valence-electron chi connectivity index (χ3n) is 6.01. The molecule has 0 bridgehead atoms. The molecule has 0 radical (unpaired) electrons. The Morgan fingerprint density at radius 1 is 1.11 bits per heavy atom. The van der Waals surface area contributed by atoms with Gasteiger partial charge in [-0.15, -0.1) is 0 Å². The van der Waals surface area contributed by atoms with Crippen LogP contribution in [0.2, 0.25) is 0 Å². The number of ether oxygens (including phenoxy) is 1. The fourth-order valence-corrected chi connectivity index (χ4v) is 4.36. The summed E-state index contributed by atoms with van der Waals surface area (Å²) in [5, 5.41) is 21.5. The number of Topliss-reactive ketones (excluding diaryl/α,β-unsaturated/α-hetero) is 1. The molecule has 4 rings (SSSR count). The van der Waals surface area contributed by atoms with Gasteiger partial charge in [-0.25, -0.2) is 0 Å². The van der Waals surface area contributed by atoms with Crippen LogP contribution in [0, 0.1) is 0 Å². The molecular weight excluding hydrogens is 444 g/mol. The van der Waals surface area contributed by atoms with Crippen molar-refractivity contribution in [3.8, 4) is 11.5 Å². The Morgan fingerprint density at radius 3 is 2.57 bits per heavy atom. The molecule has 0 saturated carbocycles. The Morgan fingerprint density at radius 2 is 1.91 bits per heavy atom. The standard InChI is InChI=1S/C28H28N2O5/c1-4-35-23-11-10-20(14-22(23)17(2)3)26(32)24-25(19-8-5-9-21(31)13-19)30(28(34)27(24)33)16-18-7-6-12-29-15-18/h5-15,17,25,31-32H,4,16H2,1-3H3/b26-24-. The molecule has 0 aliphatic carbocycles. The highest BCUT2D eigenvalue weighted by molar-refractivity contribution is 6.46. The van der Waals surface area contributed by atoms with E-state index in [2.05, 4.69) is 4.98 Å². The van der Waals surface area contributed by atoms with Crippen LogP contribution < -0.4 is 4.74 Å². The van der Waals surface area contributed by atoms with Crippen LogP contribution in [0.4, 0.5) is 0 Å². The molecule has 1 unspecified atom stereocenters. The van der Waals surface area contributed by atoms with Gasteiger partial charge in [-0.2, -0.15) is 0 Å². The van der Waals surface area contributed by atoms with Crippen molar-refractivity contribution < 1.29 is 24.5 Å². The van der Waals surface area contributed by atoms with Gasteiger partial charge in [-0.05, 0) is 65.9 Å². The summed E-state index contributed by atoms with van der Waals surface area (Å²) >= 11 is 0. The van der Waals surface area contributed by atoms with Crippen molar-refractivity contribution in [2.24, 2.45) is 0 Å². The lowest BCUT2D eigenvalue weighted by molar-refractivity contribution is -0.140. The second kappa shape index (κ2) is 10.0. The van der Waals surface area contributed by atoms with E-state index in [-0.39, 0.29) is 29.5 Å². The zero-order chi connectivity index (χ0) is 25.1. The van der Waals surface area contributed by atoms with Gasteiger partial charge >= 0.3 is 0 Å². The zero-order valence-electron chi connectivity index (χ0n) is 19.9. The molecule has 1 aliphatic heterocycles. The first-order chi connectivity index (χ1) is 16.8. The molecule has 1 atom stereocenters. The molecule has 2 aromatic carbocycles. The first kappa shape index (κ1) is 24.0. The van der Waals surface area contributed by atoms with Gasteiger partial charge in [-0.1, -0.05) is 32.0 Å². The number of aromatic hydroxyl groups is 1. The van der Waals surface area contributed by atoms with E-state index >= 15 is 0 Å². The number of rotatable bonds is 7. The van der Waals surface area contributed by atoms with E-state index in [9.17, 15) is 19.8 Å². The number of aromatic nitrogens is 1. The second-order valence-electron chi connectivity index (χ2n) is 8.72. The Kier molecular flexibility index (Phi) is 6.87. The van der Waals surface area contributed by atoms with Gasteiger partial charge in [0.1, 0.15) is 17.3 Å². The average molecular weight is 473 g/mol. The molecule has 7 nitrogen and oxygen atoms in total. The summed E-state index contributed by atoms with van der Waals surface area (Å²) in [5.41, 5.74) is 2.53. The van der Waals surface area contributed by atoms with E-state index < -0.39 is 17.7 Å². The number of hydrogen-bond acceptors (Lipinski definition) is 6. The van der Waals surface area contributed by atoms with E-state index in [1.807, 2.05) is 26.8 Å². The van der Waals surface area contributed by atoms with Gasteiger partial charge < -0.3 is 19.8 Å². The molecule has 2 heterocycles. The van der Waals surface area contributed by atoms with Crippen LogP contribution >= 0.6 is 0 Å². The second-order valence-corrected chi connectivity index (χ2v) is 8.72. The molecule has 1 amide bonds. The van der Waals surface area contributed by atoms with Crippen LogP contribution in [0.5, 0.6) is 11.5 Å². The number of amides is 1. The summed E-state index contributed by atoms with van der Waals surface area (Å²) < 4.78 is 5.72. The zero-order valence-corrected chi connectivity index (χ0v) is 19.9. The van der Waals surface area contributed by atoms with Gasteiger partial charge in [-0.3, -0.25) is 14.6 Å². The maximum atomic E-state index is 13.3. The van der Waals surface area contributed by atoms with Gasteiger partial charge in [0, 0.05) is 24.5 Å². The predicted octanol–water partition coefficient (Wildman–Crippen LogP) is 4.93. The lowest BCUT2D eigenvalue weighted by atomic mass is 9.93. The number of carbonyl (C=O) groups is 2. The number of aliphatic hydroxyl groups is 1. The maximum Gasteiger partial charge on any atom is 0.295 e. The van der Waals surface area contributed by atoms with E-state index in [1.165, 1.54) is 17.0 Å². The molecule has 2 N–H and O–H groups in total. The van der Waals surface area contributed by atoms with Crippen molar-refractivity contribution in [2.45, 2.75) is 39.3 Å². The number of likely N-dealkylation sites (tertiary alicyclic amines) is 1. The molecular formula is C28H28N2O5. The minimum atomic E-state index is -0.878. The minimum absolute atomic E-state index is 0.00220. The number of benzene rings is 2. The van der Waals surface area contributed by atoms with Crippen molar-refractivity contribution in [3.05, 3.63) is 94.8 Å². The van der Waals surface area contributed by atoms with Gasteiger partial charge in [0.25, 0.3) is 11.7 Å². The fourth-order valence-electron chi connectivity index (χ4n) is 4.36. The molecule has 3 aromatic rings. The molecule has 1 saturated heterocycles. The number of phenolic OH excluding ortho intramolecular Hbond substituents is 1. The lowest BCUT2D eigenvalue weighted by Gasteiger charge is -2.25. The largest absolute Gasteiger partial charge is 0.508 e. The topological polar surface area (TPSA) is 100.0 Å². The summed E-state index contributed by atoms with van der Waals surface area (Å²) in [6.45, 7) is 6.55. The highest BCUT2D eigenvalue weighted by Crippen LogP contribution is 2.41. The van der Waals surface area contributed by atoms with E-state index in [0.29, 0.717) is 23.5 Å². The summed E-state index contributed by atoms with van der Waals surface area (Å²) in [7, 11) is 0.